The van der Waals surface area contributed by atoms with Crippen LogP contribution in [0, 0.1) is 13.3 Å². The first-order chi connectivity index (χ1) is 51.4. The second-order valence-corrected chi connectivity index (χ2v) is 20.1. The maximum atomic E-state index is 10.5. The molecule has 0 spiro atoms. The predicted molar refractivity (Wildman–Crippen MR) is 338 cm³/mol. The van der Waals surface area contributed by atoms with Crippen molar-refractivity contribution in [3.8, 4) is 95.5 Å². The first kappa shape index (κ1) is 28.7. The van der Waals surface area contributed by atoms with Crippen LogP contribution in [0.25, 0.3) is 117 Å². The van der Waals surface area contributed by atoms with E-state index in [0.29, 0.717) is 17.1 Å². The fourth-order valence-electron chi connectivity index (χ4n) is 9.85. The Bertz CT molecular complexity index is 6180. The summed E-state index contributed by atoms with van der Waals surface area (Å²) in [5.74, 6) is 1.30. The van der Waals surface area contributed by atoms with Crippen molar-refractivity contribution in [1.82, 2.24) is 14.1 Å². The summed E-state index contributed by atoms with van der Waals surface area (Å²) < 4.78 is 267. The molecule has 3 aromatic heterocycles. The zero-order chi connectivity index (χ0) is 78.8. The molecule has 3 heterocycles. The van der Waals surface area contributed by atoms with Gasteiger partial charge in [0.1, 0.15) is 17.3 Å². The summed E-state index contributed by atoms with van der Waals surface area (Å²) >= 11 is 0. The third kappa shape index (κ3) is 9.42. The van der Waals surface area contributed by atoms with E-state index in [0.717, 1.165) is 27.9 Å². The summed E-state index contributed by atoms with van der Waals surface area (Å²) in [5.41, 5.74) is -8.78. The number of rotatable bonds is 11. The Morgan fingerprint density at radius 1 is 0.463 bits per heavy atom. The molecule has 11 aromatic carbocycles. The molecular formula is C77H58N4O. The minimum atomic E-state index is -1.14. The lowest BCUT2D eigenvalue weighted by atomic mass is 9.86. The normalized spacial score (nSPS) is 16.3. The molecule has 0 radical (unpaired) electrons. The Morgan fingerprint density at radius 3 is 1.70 bits per heavy atom. The van der Waals surface area contributed by atoms with Crippen molar-refractivity contribution in [1.29, 1.82) is 0 Å². The second-order valence-electron chi connectivity index (χ2n) is 20.1. The van der Waals surface area contributed by atoms with Crippen LogP contribution in [-0.2, 0) is 5.41 Å². The first-order valence-electron chi connectivity index (χ1n) is 39.4. The summed E-state index contributed by atoms with van der Waals surface area (Å²) in [6.07, 6.45) is 5.02. The highest BCUT2D eigenvalue weighted by Gasteiger charge is 2.24. The van der Waals surface area contributed by atoms with Crippen molar-refractivity contribution < 1.29 is 46.3 Å². The van der Waals surface area contributed by atoms with Crippen molar-refractivity contribution in [2.75, 3.05) is 0 Å². The SMILES string of the molecule is [2H]c1cc(-c2c([2H])c(-c3c([2H])c([2H])c(C)c([2H])c3[2H])c([2H])c(-c3c([2H])c([2H])c([2H])c(-c4c([2H])c(-c5c([2H])c([2H])c([2H])c([2H])c5[2H])c([2H])c(-c5c([2H])c([2H])c([2H])c([2H])c5[2H])c4[2H])c3-[n+]3[c-]n(-c4cc(Oc5ccc6c7ccccc7n(-c7ccccn7)c6c5)cc(C(C)(C)C)c4)c4ccccc43)c2[2H])c([2H])c([2H])c1[2H]. The van der Waals surface area contributed by atoms with Crippen LogP contribution in [0.15, 0.2) is 279 Å². The van der Waals surface area contributed by atoms with Crippen LogP contribution in [0.5, 0.6) is 11.5 Å². The molecule has 5 heteroatoms. The summed E-state index contributed by atoms with van der Waals surface area (Å²) in [6, 6.07) is 5.84. The smallest absolute Gasteiger partial charge is 0.269 e. The van der Waals surface area contributed by atoms with Gasteiger partial charge in [0, 0.05) is 23.0 Å². The largest absolute Gasteiger partial charge is 0.458 e. The molecule has 0 N–H and O–H groups in total. The molecule has 0 bridgehead atoms. The van der Waals surface area contributed by atoms with Crippen molar-refractivity contribution >= 4 is 32.8 Å². The molecule has 0 fully saturated rings. The van der Waals surface area contributed by atoms with E-state index in [1.54, 1.807) is 30.5 Å². The molecule has 0 aliphatic heterocycles. The van der Waals surface area contributed by atoms with E-state index in [4.69, 9.17) is 19.8 Å². The predicted octanol–water partition coefficient (Wildman–Crippen LogP) is 19.6. The number of hydrogen-bond donors (Lipinski definition) is 0. The zero-order valence-electron chi connectivity index (χ0n) is 71.2. The third-order valence-corrected chi connectivity index (χ3v) is 13.7. The lowest BCUT2D eigenvalue weighted by Gasteiger charge is -2.22. The number of benzene rings is 11. The molecular weight excluding hydrogens is 997 g/mol. The van der Waals surface area contributed by atoms with Crippen LogP contribution >= 0.6 is 0 Å². The van der Waals surface area contributed by atoms with E-state index in [2.05, 4.69) is 11.3 Å². The molecule has 0 aliphatic carbocycles. The van der Waals surface area contributed by atoms with E-state index in [1.165, 1.54) is 22.1 Å². The minimum absolute atomic E-state index is 0.0238. The monoisotopic (exact) mass is 1080 g/mol. The van der Waals surface area contributed by atoms with Crippen LogP contribution in [0.3, 0.4) is 0 Å². The van der Waals surface area contributed by atoms with Crippen molar-refractivity contribution in [2.45, 2.75) is 33.1 Å². The number of ether oxygens (including phenoxy) is 1. The Labute approximate surface area is 516 Å². The highest BCUT2D eigenvalue weighted by Crippen LogP contribution is 2.42. The van der Waals surface area contributed by atoms with Gasteiger partial charge in [0.05, 0.1) is 70.5 Å². The summed E-state index contributed by atoms with van der Waals surface area (Å²) in [7, 11) is 0. The highest BCUT2D eigenvalue weighted by atomic mass is 16.5. The van der Waals surface area contributed by atoms with Crippen molar-refractivity contribution in [3.63, 3.8) is 0 Å². The standard InChI is InChI=1S/C77H58N4O/c1-52-34-36-56(37-35-52)60-42-59(55-25-12-7-13-26-55)45-62(46-60)68-29-20-28-67(61-43-57(53-21-8-5-9-22-53)41-58(44-61)54-23-10-6-11-24-54)76(68)80-51-79(72-31-16-17-32-73(72)80)64-47-63(77(2,3)4)48-66(49-64)82-65-38-39-70-69-27-14-15-30-71(69)81(74(70)50-65)75-33-18-19-40-78-75/h5-50H,1-4H3/i5D,6D,7D,8D,9D,10D,11D,12D,13D,20D,21D,22D,23D,24D,25D,28D,29D,34D,35D,36D,37D,41D,42D,43D,44D,45D,46D. The average molecular weight is 1080 g/mol. The number of hydrogen-bond acceptors (Lipinski definition) is 2. The van der Waals surface area contributed by atoms with Crippen LogP contribution in [0.4, 0.5) is 0 Å². The number of para-hydroxylation sites is 4. The zero-order valence-corrected chi connectivity index (χ0v) is 44.2. The van der Waals surface area contributed by atoms with Crippen LogP contribution < -0.4 is 9.30 Å². The van der Waals surface area contributed by atoms with Gasteiger partial charge in [-0.25, -0.2) is 4.98 Å². The maximum absolute atomic E-state index is 10.5. The quantitative estimate of drug-likeness (QED) is 0.0956. The second kappa shape index (κ2) is 20.7. The molecule has 0 saturated heterocycles. The lowest BCUT2D eigenvalue weighted by Crippen LogP contribution is -2.31. The Morgan fingerprint density at radius 2 is 1.04 bits per heavy atom. The van der Waals surface area contributed by atoms with Crippen LogP contribution in [0.1, 0.15) is 68.9 Å². The molecule has 0 amide bonds. The van der Waals surface area contributed by atoms with Crippen molar-refractivity contribution in [2.24, 2.45) is 0 Å². The average Bonchev–Trinajstić information content (AvgIpc) is 1.53. The number of aromatic nitrogens is 4. The van der Waals surface area contributed by atoms with Gasteiger partial charge in [0.15, 0.2) is 0 Å². The minimum Gasteiger partial charge on any atom is -0.458 e. The van der Waals surface area contributed by atoms with E-state index >= 15 is 0 Å². The van der Waals surface area contributed by atoms with Crippen LogP contribution in [0.2, 0.25) is 0 Å². The van der Waals surface area contributed by atoms with E-state index in [1.807, 2.05) is 98.1 Å². The van der Waals surface area contributed by atoms with Crippen molar-refractivity contribution in [3.05, 3.63) is 296 Å². The number of nitrogens with zero attached hydrogens (tertiary/aromatic N) is 4. The van der Waals surface area contributed by atoms with Gasteiger partial charge < -0.3 is 4.74 Å². The topological polar surface area (TPSA) is 35.9 Å². The van der Waals surface area contributed by atoms with Crippen LogP contribution in [-0.4, -0.2) is 14.1 Å². The third-order valence-electron chi connectivity index (χ3n) is 13.7. The fourth-order valence-corrected chi connectivity index (χ4v) is 9.85. The van der Waals surface area contributed by atoms with Gasteiger partial charge in [0.25, 0.3) is 6.33 Å². The van der Waals surface area contributed by atoms with E-state index in [9.17, 15) is 21.9 Å². The molecule has 0 aliphatic rings. The lowest BCUT2D eigenvalue weighted by molar-refractivity contribution is -0.571. The van der Waals surface area contributed by atoms with Gasteiger partial charge in [-0.15, -0.1) is 0 Å². The molecule has 14 rings (SSSR count). The van der Waals surface area contributed by atoms with E-state index in [-0.39, 0.29) is 28.0 Å². The molecule has 5 nitrogen and oxygen atoms in total. The Kier molecular flexibility index (Phi) is 7.24. The highest BCUT2D eigenvalue weighted by molar-refractivity contribution is 6.09. The van der Waals surface area contributed by atoms with Gasteiger partial charge >= 0.3 is 0 Å². The number of fused-ring (bicyclic) bond motifs is 4. The van der Waals surface area contributed by atoms with Gasteiger partial charge in [-0.05, 0) is 169 Å². The van der Waals surface area contributed by atoms with E-state index < -0.39 is 241 Å². The maximum Gasteiger partial charge on any atom is 0.269 e. The Hall–Kier alpha value is -10.4. The first-order valence-corrected chi connectivity index (χ1v) is 25.9. The van der Waals surface area contributed by atoms with Gasteiger partial charge in [0.2, 0.25) is 0 Å². The molecule has 14 aromatic rings. The molecule has 0 unspecified atom stereocenters. The summed E-state index contributed by atoms with van der Waals surface area (Å²) in [6.45, 7) is 7.15. The van der Waals surface area contributed by atoms with Gasteiger partial charge in [-0.2, -0.15) is 0 Å². The molecule has 392 valence electrons. The van der Waals surface area contributed by atoms with Gasteiger partial charge in [-0.3, -0.25) is 13.7 Å². The summed E-state index contributed by atoms with van der Waals surface area (Å²) in [5, 5.41) is 1.84. The fraction of sp³-hybridized carbons (Fsp3) is 0.0649. The van der Waals surface area contributed by atoms with Gasteiger partial charge in [-0.1, -0.05) is 208 Å². The summed E-state index contributed by atoms with van der Waals surface area (Å²) in [4.78, 5) is 4.69. The molecule has 0 atom stereocenters. The molecule has 82 heavy (non-hydrogen) atoms. The molecule has 0 saturated carbocycles. The Balaban J connectivity index is 1.18. The number of pyridine rings is 1. The number of imidazole rings is 1.